The van der Waals surface area contributed by atoms with Crippen LogP contribution < -0.4 is 5.73 Å². The topological polar surface area (TPSA) is 29.3 Å². The van der Waals surface area contributed by atoms with E-state index in [-0.39, 0.29) is 0 Å². The fourth-order valence-corrected chi connectivity index (χ4v) is 2.90. The van der Waals surface area contributed by atoms with Crippen molar-refractivity contribution in [3.8, 4) is 0 Å². The normalized spacial score (nSPS) is 47.8. The SMILES string of the molecule is CC(C)N1CC2C(N)CC2(C)C1. The fraction of sp³-hybridized carbons (Fsp3) is 1.00. The van der Waals surface area contributed by atoms with Crippen LogP contribution in [0.1, 0.15) is 27.2 Å². The lowest BCUT2D eigenvalue weighted by Gasteiger charge is -2.46. The van der Waals surface area contributed by atoms with Gasteiger partial charge in [0.05, 0.1) is 0 Å². The molecule has 1 heterocycles. The van der Waals surface area contributed by atoms with Gasteiger partial charge in [0.15, 0.2) is 0 Å². The van der Waals surface area contributed by atoms with Crippen molar-refractivity contribution in [1.82, 2.24) is 4.90 Å². The summed E-state index contributed by atoms with van der Waals surface area (Å²) in [5.41, 5.74) is 6.54. The Balaban J connectivity index is 2.04. The highest BCUT2D eigenvalue weighted by Crippen LogP contribution is 2.50. The molecule has 1 aliphatic heterocycles. The van der Waals surface area contributed by atoms with Crippen LogP contribution in [-0.4, -0.2) is 30.1 Å². The summed E-state index contributed by atoms with van der Waals surface area (Å²) in [5, 5.41) is 0. The first-order valence-corrected chi connectivity index (χ1v) is 5.02. The van der Waals surface area contributed by atoms with Crippen molar-refractivity contribution >= 4 is 0 Å². The van der Waals surface area contributed by atoms with E-state index in [1.807, 2.05) is 0 Å². The molecule has 0 aromatic heterocycles. The van der Waals surface area contributed by atoms with Crippen molar-refractivity contribution in [3.05, 3.63) is 0 Å². The van der Waals surface area contributed by atoms with Gasteiger partial charge in [-0.1, -0.05) is 6.92 Å². The molecule has 2 rings (SSSR count). The van der Waals surface area contributed by atoms with Crippen LogP contribution in [0.15, 0.2) is 0 Å². The first-order chi connectivity index (χ1) is 5.53. The Morgan fingerprint density at radius 3 is 2.58 bits per heavy atom. The maximum Gasteiger partial charge on any atom is 0.00908 e. The molecule has 3 atom stereocenters. The summed E-state index contributed by atoms with van der Waals surface area (Å²) in [5.74, 6) is 0.778. The first kappa shape index (κ1) is 8.52. The Morgan fingerprint density at radius 2 is 2.17 bits per heavy atom. The zero-order valence-corrected chi connectivity index (χ0v) is 8.38. The molecule has 70 valence electrons. The number of hydrogen-bond acceptors (Lipinski definition) is 2. The average molecular weight is 168 g/mol. The summed E-state index contributed by atoms with van der Waals surface area (Å²) in [6.45, 7) is 9.45. The third-order valence-corrected chi connectivity index (χ3v) is 3.84. The van der Waals surface area contributed by atoms with Crippen LogP contribution in [0.25, 0.3) is 0 Å². The summed E-state index contributed by atoms with van der Waals surface area (Å²) >= 11 is 0. The predicted octanol–water partition coefficient (Wildman–Crippen LogP) is 1.06. The van der Waals surface area contributed by atoms with E-state index in [1.54, 1.807) is 0 Å². The van der Waals surface area contributed by atoms with E-state index in [0.717, 1.165) is 5.92 Å². The highest BCUT2D eigenvalue weighted by molar-refractivity contribution is 5.08. The number of fused-ring (bicyclic) bond motifs is 1. The van der Waals surface area contributed by atoms with Crippen LogP contribution in [0, 0.1) is 11.3 Å². The van der Waals surface area contributed by atoms with Gasteiger partial charge in [-0.05, 0) is 31.6 Å². The van der Waals surface area contributed by atoms with Crippen LogP contribution in [0.4, 0.5) is 0 Å². The van der Waals surface area contributed by atoms with Gasteiger partial charge in [0.2, 0.25) is 0 Å². The molecule has 2 heteroatoms. The summed E-state index contributed by atoms with van der Waals surface area (Å²) < 4.78 is 0. The third kappa shape index (κ3) is 1.01. The highest BCUT2D eigenvalue weighted by Gasteiger charge is 2.54. The van der Waals surface area contributed by atoms with Crippen molar-refractivity contribution < 1.29 is 0 Å². The van der Waals surface area contributed by atoms with Crippen molar-refractivity contribution in [2.75, 3.05) is 13.1 Å². The summed E-state index contributed by atoms with van der Waals surface area (Å²) in [4.78, 5) is 2.57. The van der Waals surface area contributed by atoms with Gasteiger partial charge in [0.25, 0.3) is 0 Å². The molecule has 2 aliphatic rings. The van der Waals surface area contributed by atoms with E-state index < -0.39 is 0 Å². The Hall–Kier alpha value is -0.0800. The minimum Gasteiger partial charge on any atom is -0.327 e. The lowest BCUT2D eigenvalue weighted by atomic mass is 9.60. The minimum absolute atomic E-state index is 0.485. The molecule has 0 amide bonds. The molecule has 1 saturated heterocycles. The molecule has 0 spiro atoms. The van der Waals surface area contributed by atoms with Crippen LogP contribution in [0.5, 0.6) is 0 Å². The lowest BCUT2D eigenvalue weighted by Crippen LogP contribution is -2.53. The van der Waals surface area contributed by atoms with E-state index in [2.05, 4.69) is 25.7 Å². The standard InChI is InChI=1S/C10H20N2/c1-7(2)12-5-8-9(11)4-10(8,3)6-12/h7-9H,4-6,11H2,1-3H3. The second kappa shape index (κ2) is 2.46. The van der Waals surface area contributed by atoms with Gasteiger partial charge in [0, 0.05) is 25.2 Å². The van der Waals surface area contributed by atoms with Crippen LogP contribution in [0.2, 0.25) is 0 Å². The van der Waals surface area contributed by atoms with Crippen molar-refractivity contribution in [3.63, 3.8) is 0 Å². The predicted molar refractivity (Wildman–Crippen MR) is 50.9 cm³/mol. The van der Waals surface area contributed by atoms with E-state index in [4.69, 9.17) is 5.73 Å². The van der Waals surface area contributed by atoms with Gasteiger partial charge in [-0.25, -0.2) is 0 Å². The molecule has 1 aliphatic carbocycles. The molecule has 2 N–H and O–H groups in total. The number of likely N-dealkylation sites (tertiary alicyclic amines) is 1. The molecule has 0 aromatic carbocycles. The largest absolute Gasteiger partial charge is 0.327 e. The molecule has 0 radical (unpaired) electrons. The zero-order valence-electron chi connectivity index (χ0n) is 8.38. The molecule has 0 aromatic rings. The minimum atomic E-state index is 0.485. The maximum absolute atomic E-state index is 5.98. The monoisotopic (exact) mass is 168 g/mol. The number of hydrogen-bond donors (Lipinski definition) is 1. The van der Waals surface area contributed by atoms with Gasteiger partial charge >= 0.3 is 0 Å². The molecule has 2 fully saturated rings. The Morgan fingerprint density at radius 1 is 1.50 bits per heavy atom. The quantitative estimate of drug-likeness (QED) is 0.634. The van der Waals surface area contributed by atoms with Gasteiger partial charge < -0.3 is 10.6 Å². The van der Waals surface area contributed by atoms with Crippen LogP contribution in [0.3, 0.4) is 0 Å². The van der Waals surface area contributed by atoms with Gasteiger partial charge in [-0.15, -0.1) is 0 Å². The molecular weight excluding hydrogens is 148 g/mol. The van der Waals surface area contributed by atoms with Crippen molar-refractivity contribution in [1.29, 1.82) is 0 Å². The zero-order chi connectivity index (χ0) is 8.93. The Kier molecular flexibility index (Phi) is 1.74. The molecular formula is C10H20N2. The number of nitrogens with zero attached hydrogens (tertiary/aromatic N) is 1. The van der Waals surface area contributed by atoms with Gasteiger partial charge in [-0.2, -0.15) is 0 Å². The van der Waals surface area contributed by atoms with E-state index in [9.17, 15) is 0 Å². The maximum atomic E-state index is 5.98. The molecule has 0 bridgehead atoms. The number of nitrogens with two attached hydrogens (primary N) is 1. The summed E-state index contributed by atoms with van der Waals surface area (Å²) in [7, 11) is 0. The van der Waals surface area contributed by atoms with Gasteiger partial charge in [-0.3, -0.25) is 0 Å². The van der Waals surface area contributed by atoms with Crippen LogP contribution >= 0.6 is 0 Å². The third-order valence-electron chi connectivity index (χ3n) is 3.84. The number of rotatable bonds is 1. The lowest BCUT2D eigenvalue weighted by molar-refractivity contribution is 0.0754. The Bertz CT molecular complexity index is 190. The average Bonchev–Trinajstić information content (AvgIpc) is 2.22. The van der Waals surface area contributed by atoms with E-state index in [0.29, 0.717) is 17.5 Å². The van der Waals surface area contributed by atoms with Crippen LogP contribution in [-0.2, 0) is 0 Å². The first-order valence-electron chi connectivity index (χ1n) is 5.02. The molecule has 2 nitrogen and oxygen atoms in total. The summed E-state index contributed by atoms with van der Waals surface area (Å²) in [6.07, 6.45) is 1.24. The summed E-state index contributed by atoms with van der Waals surface area (Å²) in [6, 6.07) is 1.18. The smallest absolute Gasteiger partial charge is 0.00908 e. The molecule has 3 unspecified atom stereocenters. The second-order valence-electron chi connectivity index (χ2n) is 5.15. The van der Waals surface area contributed by atoms with E-state index >= 15 is 0 Å². The van der Waals surface area contributed by atoms with E-state index in [1.165, 1.54) is 19.5 Å². The Labute approximate surface area is 75.1 Å². The second-order valence-corrected chi connectivity index (χ2v) is 5.15. The van der Waals surface area contributed by atoms with Gasteiger partial charge in [0.1, 0.15) is 0 Å². The fourth-order valence-electron chi connectivity index (χ4n) is 2.90. The molecule has 1 saturated carbocycles. The van der Waals surface area contributed by atoms with Crippen molar-refractivity contribution in [2.45, 2.75) is 39.3 Å². The molecule has 12 heavy (non-hydrogen) atoms. The van der Waals surface area contributed by atoms with Crippen molar-refractivity contribution in [2.24, 2.45) is 17.1 Å². The highest BCUT2D eigenvalue weighted by atomic mass is 15.2.